The van der Waals surface area contributed by atoms with Crippen LogP contribution in [0.25, 0.3) is 5.65 Å². The first-order chi connectivity index (χ1) is 10.6. The lowest BCUT2D eigenvalue weighted by molar-refractivity contribution is -0.192. The van der Waals surface area contributed by atoms with Crippen molar-refractivity contribution in [3.63, 3.8) is 0 Å². The second-order valence-corrected chi connectivity index (χ2v) is 9.49. The SMILES string of the molecule is CC(C)(C)S(=O)(=O)c1cn2ccnc2cc1OCC1(O)COC1. The van der Waals surface area contributed by atoms with Crippen LogP contribution in [0.4, 0.5) is 0 Å². The van der Waals surface area contributed by atoms with Crippen molar-refractivity contribution in [1.82, 2.24) is 9.38 Å². The summed E-state index contributed by atoms with van der Waals surface area (Å²) in [4.78, 5) is 4.23. The van der Waals surface area contributed by atoms with Crippen molar-refractivity contribution in [3.05, 3.63) is 24.7 Å². The molecule has 1 saturated heterocycles. The Hall–Kier alpha value is -1.64. The van der Waals surface area contributed by atoms with Gasteiger partial charge in [0.05, 0.1) is 18.0 Å². The van der Waals surface area contributed by atoms with E-state index in [0.29, 0.717) is 5.65 Å². The van der Waals surface area contributed by atoms with Crippen LogP contribution in [0.15, 0.2) is 29.6 Å². The van der Waals surface area contributed by atoms with Crippen LogP contribution in [0.2, 0.25) is 0 Å². The lowest BCUT2D eigenvalue weighted by Gasteiger charge is -2.36. The van der Waals surface area contributed by atoms with Crippen LogP contribution in [0.1, 0.15) is 20.8 Å². The van der Waals surface area contributed by atoms with E-state index >= 15 is 0 Å². The van der Waals surface area contributed by atoms with E-state index in [-0.39, 0.29) is 30.5 Å². The van der Waals surface area contributed by atoms with Gasteiger partial charge < -0.3 is 19.0 Å². The average molecular weight is 340 g/mol. The van der Waals surface area contributed by atoms with E-state index in [2.05, 4.69) is 4.98 Å². The Kier molecular flexibility index (Phi) is 3.66. The number of sulfone groups is 1. The van der Waals surface area contributed by atoms with Gasteiger partial charge in [-0.05, 0) is 20.8 Å². The zero-order valence-electron chi connectivity index (χ0n) is 13.3. The highest BCUT2D eigenvalue weighted by molar-refractivity contribution is 7.92. The predicted molar refractivity (Wildman–Crippen MR) is 83.4 cm³/mol. The van der Waals surface area contributed by atoms with Crippen LogP contribution in [-0.4, -0.2) is 53.1 Å². The highest BCUT2D eigenvalue weighted by atomic mass is 32.2. The van der Waals surface area contributed by atoms with Gasteiger partial charge in [0.1, 0.15) is 28.5 Å². The van der Waals surface area contributed by atoms with Crippen LogP contribution in [0.3, 0.4) is 0 Å². The van der Waals surface area contributed by atoms with E-state index in [1.54, 1.807) is 43.6 Å². The van der Waals surface area contributed by atoms with Gasteiger partial charge >= 0.3 is 0 Å². The van der Waals surface area contributed by atoms with Crippen LogP contribution < -0.4 is 4.74 Å². The molecule has 0 radical (unpaired) electrons. The summed E-state index contributed by atoms with van der Waals surface area (Å²) in [7, 11) is -3.62. The van der Waals surface area contributed by atoms with Crippen molar-refractivity contribution in [2.24, 2.45) is 0 Å². The molecule has 1 aliphatic heterocycles. The number of hydrogen-bond donors (Lipinski definition) is 1. The Morgan fingerprint density at radius 1 is 1.43 bits per heavy atom. The van der Waals surface area contributed by atoms with E-state index < -0.39 is 20.2 Å². The topological polar surface area (TPSA) is 90.1 Å². The molecule has 126 valence electrons. The summed E-state index contributed by atoms with van der Waals surface area (Å²) in [6.45, 7) is 5.24. The van der Waals surface area contributed by atoms with E-state index in [9.17, 15) is 13.5 Å². The summed E-state index contributed by atoms with van der Waals surface area (Å²) >= 11 is 0. The van der Waals surface area contributed by atoms with E-state index in [0.717, 1.165) is 0 Å². The highest BCUT2D eigenvalue weighted by Gasteiger charge is 2.39. The van der Waals surface area contributed by atoms with Gasteiger partial charge in [-0.2, -0.15) is 0 Å². The first kappa shape index (κ1) is 16.2. The fourth-order valence-electron chi connectivity index (χ4n) is 2.20. The summed E-state index contributed by atoms with van der Waals surface area (Å²) in [5, 5.41) is 10.1. The maximum Gasteiger partial charge on any atom is 0.188 e. The second kappa shape index (κ2) is 5.19. The molecular formula is C15H20N2O5S. The number of aliphatic hydroxyl groups is 1. The van der Waals surface area contributed by atoms with Crippen molar-refractivity contribution in [2.45, 2.75) is 36.0 Å². The van der Waals surface area contributed by atoms with Crippen LogP contribution in [0.5, 0.6) is 5.75 Å². The predicted octanol–water partition coefficient (Wildman–Crippen LogP) is 1.05. The quantitative estimate of drug-likeness (QED) is 0.895. The monoisotopic (exact) mass is 340 g/mol. The molecule has 0 unspecified atom stereocenters. The molecule has 8 heteroatoms. The first-order valence-electron chi connectivity index (χ1n) is 7.27. The number of aromatic nitrogens is 2. The molecular weight excluding hydrogens is 320 g/mol. The number of hydrogen-bond acceptors (Lipinski definition) is 6. The largest absolute Gasteiger partial charge is 0.489 e. The number of fused-ring (bicyclic) bond motifs is 1. The van der Waals surface area contributed by atoms with Crippen molar-refractivity contribution in [2.75, 3.05) is 19.8 Å². The van der Waals surface area contributed by atoms with Crippen LogP contribution >= 0.6 is 0 Å². The summed E-state index contributed by atoms with van der Waals surface area (Å²) in [6, 6.07) is 1.57. The van der Waals surface area contributed by atoms with E-state index in [1.165, 1.54) is 6.20 Å². The van der Waals surface area contributed by atoms with E-state index in [1.807, 2.05) is 0 Å². The van der Waals surface area contributed by atoms with Crippen molar-refractivity contribution in [3.8, 4) is 5.75 Å². The molecule has 1 N–H and O–H groups in total. The standard InChI is InChI=1S/C15H20N2O5S/c1-14(2,3)23(19,20)12-7-17-5-4-16-13(17)6-11(12)22-10-15(18)8-21-9-15/h4-7,18H,8-10H2,1-3H3. The molecule has 0 spiro atoms. The molecule has 0 amide bonds. The molecule has 2 aromatic heterocycles. The van der Waals surface area contributed by atoms with Crippen LogP contribution in [-0.2, 0) is 14.6 Å². The molecule has 1 aliphatic rings. The summed E-state index contributed by atoms with van der Waals surface area (Å²) in [6.07, 6.45) is 4.76. The minimum Gasteiger partial charge on any atom is -0.489 e. The fourth-order valence-corrected chi connectivity index (χ4v) is 3.50. The van der Waals surface area contributed by atoms with Gasteiger partial charge in [-0.1, -0.05) is 0 Å². The van der Waals surface area contributed by atoms with E-state index in [4.69, 9.17) is 9.47 Å². The maximum absolute atomic E-state index is 12.8. The smallest absolute Gasteiger partial charge is 0.188 e. The molecule has 0 aliphatic carbocycles. The molecule has 0 atom stereocenters. The zero-order chi connectivity index (χ0) is 16.9. The van der Waals surface area contributed by atoms with Crippen molar-refractivity contribution < 1.29 is 23.0 Å². The number of pyridine rings is 1. The first-order valence-corrected chi connectivity index (χ1v) is 8.75. The number of nitrogens with zero attached hydrogens (tertiary/aromatic N) is 2. The molecule has 1 fully saturated rings. The maximum atomic E-state index is 12.8. The minimum atomic E-state index is -3.62. The zero-order valence-corrected chi connectivity index (χ0v) is 14.1. The normalized spacial score (nSPS) is 17.9. The van der Waals surface area contributed by atoms with Gasteiger partial charge in [0, 0.05) is 24.7 Å². The van der Waals surface area contributed by atoms with Crippen molar-refractivity contribution in [1.29, 1.82) is 0 Å². The van der Waals surface area contributed by atoms with Gasteiger partial charge in [-0.3, -0.25) is 0 Å². The number of imidazole rings is 1. The summed E-state index contributed by atoms with van der Waals surface area (Å²) in [5.74, 6) is 0.193. The van der Waals surface area contributed by atoms with Gasteiger partial charge in [0.25, 0.3) is 0 Å². The third-order valence-corrected chi connectivity index (χ3v) is 6.29. The number of ether oxygens (including phenoxy) is 2. The Morgan fingerprint density at radius 3 is 2.70 bits per heavy atom. The second-order valence-electron chi connectivity index (χ2n) is 6.82. The third kappa shape index (κ3) is 2.82. The van der Waals surface area contributed by atoms with Gasteiger partial charge in [0.15, 0.2) is 9.84 Å². The van der Waals surface area contributed by atoms with Gasteiger partial charge in [-0.15, -0.1) is 0 Å². The van der Waals surface area contributed by atoms with Crippen LogP contribution in [0, 0.1) is 0 Å². The molecule has 0 bridgehead atoms. The lowest BCUT2D eigenvalue weighted by Crippen LogP contribution is -2.54. The third-order valence-electron chi connectivity index (χ3n) is 3.79. The Labute approximate surface area is 134 Å². The molecule has 0 aromatic carbocycles. The molecule has 0 saturated carbocycles. The Bertz CT molecular complexity index is 831. The lowest BCUT2D eigenvalue weighted by atomic mass is 10.0. The van der Waals surface area contributed by atoms with Gasteiger partial charge in [0.2, 0.25) is 0 Å². The Balaban J connectivity index is 2.05. The molecule has 3 heterocycles. The fraction of sp³-hybridized carbons (Fsp3) is 0.533. The summed E-state index contributed by atoms with van der Waals surface area (Å²) < 4.78 is 37.0. The number of rotatable bonds is 4. The molecule has 7 nitrogen and oxygen atoms in total. The van der Waals surface area contributed by atoms with Crippen molar-refractivity contribution >= 4 is 15.5 Å². The Morgan fingerprint density at radius 2 is 2.13 bits per heavy atom. The molecule has 23 heavy (non-hydrogen) atoms. The average Bonchev–Trinajstić information content (AvgIpc) is 2.87. The molecule has 2 aromatic rings. The molecule has 3 rings (SSSR count). The summed E-state index contributed by atoms with van der Waals surface area (Å²) in [5.41, 5.74) is -0.491. The minimum absolute atomic E-state index is 0.0312. The highest BCUT2D eigenvalue weighted by Crippen LogP contribution is 2.33. The van der Waals surface area contributed by atoms with Gasteiger partial charge in [-0.25, -0.2) is 13.4 Å².